The van der Waals surface area contributed by atoms with Crippen molar-refractivity contribution in [3.63, 3.8) is 0 Å². The number of alkyl halides is 2. The molecule has 1 aliphatic heterocycles. The summed E-state index contributed by atoms with van der Waals surface area (Å²) >= 11 is 0. The highest BCUT2D eigenvalue weighted by molar-refractivity contribution is 5.06. The van der Waals surface area contributed by atoms with Gasteiger partial charge in [-0.05, 0) is 12.8 Å². The minimum absolute atomic E-state index is 0.239. The summed E-state index contributed by atoms with van der Waals surface area (Å²) in [6, 6.07) is -0.462. The van der Waals surface area contributed by atoms with Crippen LogP contribution in [0.1, 0.15) is 42.9 Å². The Bertz CT molecular complexity index is 375. The van der Waals surface area contributed by atoms with Gasteiger partial charge in [0.1, 0.15) is 0 Å². The summed E-state index contributed by atoms with van der Waals surface area (Å²) < 4.78 is 30.8. The van der Waals surface area contributed by atoms with E-state index in [-0.39, 0.29) is 13.0 Å². The molecule has 0 aromatic carbocycles. The van der Waals surface area contributed by atoms with E-state index in [0.29, 0.717) is 17.6 Å². The first-order chi connectivity index (χ1) is 7.14. The summed E-state index contributed by atoms with van der Waals surface area (Å²) in [7, 11) is 0. The summed E-state index contributed by atoms with van der Waals surface area (Å²) in [5.74, 6) is -1.31. The average molecular weight is 215 g/mol. The monoisotopic (exact) mass is 215 g/mol. The first-order valence-corrected chi connectivity index (χ1v) is 5.09. The van der Waals surface area contributed by atoms with Gasteiger partial charge in [-0.25, -0.2) is 8.78 Å². The van der Waals surface area contributed by atoms with E-state index in [1.807, 2.05) is 0 Å². The highest BCUT2D eigenvalue weighted by Gasteiger charge is 2.42. The zero-order valence-corrected chi connectivity index (χ0v) is 8.04. The minimum Gasteiger partial charge on any atom is -0.339 e. The van der Waals surface area contributed by atoms with E-state index < -0.39 is 12.0 Å². The first kappa shape index (κ1) is 9.21. The number of nitrogens with zero attached hydrogens (tertiary/aromatic N) is 2. The molecule has 0 radical (unpaired) electrons. The van der Waals surface area contributed by atoms with Crippen LogP contribution in [0.4, 0.5) is 8.78 Å². The van der Waals surface area contributed by atoms with Crippen LogP contribution in [0.3, 0.4) is 0 Å². The molecule has 1 N–H and O–H groups in total. The lowest BCUT2D eigenvalue weighted by molar-refractivity contribution is 0.0207. The van der Waals surface area contributed by atoms with E-state index >= 15 is 0 Å². The molecule has 1 aromatic heterocycles. The van der Waals surface area contributed by atoms with Crippen molar-refractivity contribution in [1.29, 1.82) is 0 Å². The number of hydrogen-bond acceptors (Lipinski definition) is 4. The van der Waals surface area contributed by atoms with Gasteiger partial charge in [-0.1, -0.05) is 5.16 Å². The molecule has 15 heavy (non-hydrogen) atoms. The second-order valence-corrected chi connectivity index (χ2v) is 4.26. The summed E-state index contributed by atoms with van der Waals surface area (Å²) in [6.45, 7) is -0.301. The molecule has 1 aromatic rings. The molecule has 82 valence electrons. The predicted octanol–water partition coefficient (Wildman–Crippen LogP) is 1.62. The van der Waals surface area contributed by atoms with Crippen molar-refractivity contribution in [2.24, 2.45) is 0 Å². The molecule has 3 rings (SSSR count). The quantitative estimate of drug-likeness (QED) is 0.814. The molecule has 1 aliphatic carbocycles. The molecule has 4 nitrogen and oxygen atoms in total. The molecule has 0 amide bonds. The molecule has 0 spiro atoms. The van der Waals surface area contributed by atoms with Crippen LogP contribution in [0.5, 0.6) is 0 Å². The summed E-state index contributed by atoms with van der Waals surface area (Å²) in [4.78, 5) is 4.15. The number of halogens is 2. The Morgan fingerprint density at radius 1 is 1.40 bits per heavy atom. The van der Waals surface area contributed by atoms with Gasteiger partial charge in [-0.2, -0.15) is 4.98 Å². The summed E-state index contributed by atoms with van der Waals surface area (Å²) in [6.07, 6.45) is 1.89. The third-order valence-electron chi connectivity index (χ3n) is 2.81. The predicted molar refractivity (Wildman–Crippen MR) is 46.6 cm³/mol. The fourth-order valence-corrected chi connectivity index (χ4v) is 1.78. The van der Waals surface area contributed by atoms with Crippen LogP contribution < -0.4 is 5.32 Å². The fraction of sp³-hybridized carbons (Fsp3) is 0.778. The maximum Gasteiger partial charge on any atom is 0.262 e. The Labute approximate surface area is 85.0 Å². The van der Waals surface area contributed by atoms with Gasteiger partial charge in [0.25, 0.3) is 5.92 Å². The fourth-order valence-electron chi connectivity index (χ4n) is 1.78. The Kier molecular flexibility index (Phi) is 1.83. The minimum atomic E-state index is -2.65. The molecule has 1 unspecified atom stereocenters. The van der Waals surface area contributed by atoms with Gasteiger partial charge in [0.15, 0.2) is 5.82 Å². The van der Waals surface area contributed by atoms with Crippen LogP contribution in [0, 0.1) is 0 Å². The second-order valence-electron chi connectivity index (χ2n) is 4.26. The lowest BCUT2D eigenvalue weighted by atomic mass is 10.2. The second kappa shape index (κ2) is 2.98. The third-order valence-corrected chi connectivity index (χ3v) is 2.81. The van der Waals surface area contributed by atoms with Gasteiger partial charge < -0.3 is 9.84 Å². The Hall–Kier alpha value is -1.04. The normalized spacial score (nSPS) is 29.6. The molecule has 2 aliphatic rings. The van der Waals surface area contributed by atoms with E-state index in [1.54, 1.807) is 0 Å². The van der Waals surface area contributed by atoms with E-state index in [0.717, 1.165) is 12.8 Å². The van der Waals surface area contributed by atoms with Crippen molar-refractivity contribution in [2.45, 2.75) is 37.1 Å². The van der Waals surface area contributed by atoms with Gasteiger partial charge in [-0.15, -0.1) is 0 Å². The largest absolute Gasteiger partial charge is 0.339 e. The maximum atomic E-state index is 12.9. The van der Waals surface area contributed by atoms with Crippen LogP contribution in [0.2, 0.25) is 0 Å². The smallest absolute Gasteiger partial charge is 0.262 e. The SMILES string of the molecule is FC1(F)CNC(c2noc(C3CC3)n2)C1. The molecule has 2 fully saturated rings. The van der Waals surface area contributed by atoms with E-state index in [2.05, 4.69) is 15.5 Å². The van der Waals surface area contributed by atoms with Crippen molar-refractivity contribution in [3.8, 4) is 0 Å². The van der Waals surface area contributed by atoms with E-state index in [1.165, 1.54) is 0 Å². The van der Waals surface area contributed by atoms with Gasteiger partial charge >= 0.3 is 0 Å². The summed E-state index contributed by atoms with van der Waals surface area (Å²) in [5, 5.41) is 6.44. The van der Waals surface area contributed by atoms with Gasteiger partial charge in [0.2, 0.25) is 5.89 Å². The number of aromatic nitrogens is 2. The third kappa shape index (κ3) is 1.73. The highest BCUT2D eigenvalue weighted by atomic mass is 19.3. The van der Waals surface area contributed by atoms with Crippen molar-refractivity contribution >= 4 is 0 Å². The zero-order chi connectivity index (χ0) is 10.5. The standard InChI is InChI=1S/C9H11F2N3O/c10-9(11)3-6(12-4-9)7-13-8(15-14-7)5-1-2-5/h5-6,12H,1-4H2. The van der Waals surface area contributed by atoms with Crippen LogP contribution in [0.25, 0.3) is 0 Å². The van der Waals surface area contributed by atoms with Crippen molar-refractivity contribution in [3.05, 3.63) is 11.7 Å². The molecular formula is C9H11F2N3O. The van der Waals surface area contributed by atoms with Crippen LogP contribution in [-0.2, 0) is 0 Å². The van der Waals surface area contributed by atoms with E-state index in [9.17, 15) is 8.78 Å². The Morgan fingerprint density at radius 3 is 2.80 bits per heavy atom. The lowest BCUT2D eigenvalue weighted by Gasteiger charge is -2.04. The number of hydrogen-bond donors (Lipinski definition) is 1. The highest BCUT2D eigenvalue weighted by Crippen LogP contribution is 2.40. The van der Waals surface area contributed by atoms with Crippen molar-refractivity contribution < 1.29 is 13.3 Å². The molecule has 0 bridgehead atoms. The average Bonchev–Trinajstić information content (AvgIpc) is 2.79. The first-order valence-electron chi connectivity index (χ1n) is 5.09. The Balaban J connectivity index is 1.75. The topological polar surface area (TPSA) is 51.0 Å². The molecule has 1 atom stereocenters. The number of rotatable bonds is 2. The molecule has 1 saturated carbocycles. The zero-order valence-electron chi connectivity index (χ0n) is 8.04. The maximum absolute atomic E-state index is 12.9. The van der Waals surface area contributed by atoms with Crippen molar-refractivity contribution in [2.75, 3.05) is 6.54 Å². The van der Waals surface area contributed by atoms with Gasteiger partial charge in [0.05, 0.1) is 12.6 Å². The lowest BCUT2D eigenvalue weighted by Crippen LogP contribution is -2.19. The van der Waals surface area contributed by atoms with Crippen LogP contribution >= 0.6 is 0 Å². The van der Waals surface area contributed by atoms with E-state index in [4.69, 9.17) is 4.52 Å². The van der Waals surface area contributed by atoms with Crippen LogP contribution in [0.15, 0.2) is 4.52 Å². The molecular weight excluding hydrogens is 204 g/mol. The Morgan fingerprint density at radius 2 is 2.20 bits per heavy atom. The van der Waals surface area contributed by atoms with Gasteiger partial charge in [-0.3, -0.25) is 0 Å². The molecule has 1 saturated heterocycles. The molecule has 6 heteroatoms. The molecule has 2 heterocycles. The van der Waals surface area contributed by atoms with Crippen molar-refractivity contribution in [1.82, 2.24) is 15.5 Å². The van der Waals surface area contributed by atoms with Gasteiger partial charge in [0, 0.05) is 12.3 Å². The van der Waals surface area contributed by atoms with Crippen LogP contribution in [-0.4, -0.2) is 22.6 Å². The summed E-state index contributed by atoms with van der Waals surface area (Å²) in [5.41, 5.74) is 0. The number of nitrogens with one attached hydrogen (secondary N) is 1.